The molecule has 2 aromatic carbocycles. The number of carbonyl (C=O) groups is 1. The fourth-order valence-electron chi connectivity index (χ4n) is 3.69. The summed E-state index contributed by atoms with van der Waals surface area (Å²) in [6.45, 7) is 6.24. The molecule has 0 saturated heterocycles. The summed E-state index contributed by atoms with van der Waals surface area (Å²) in [5.41, 5.74) is 2.80. The number of hydrogen-bond acceptors (Lipinski definition) is 7. The molecule has 1 aliphatic heterocycles. The lowest BCUT2D eigenvalue weighted by Crippen LogP contribution is -2.30. The Morgan fingerprint density at radius 3 is 2.70 bits per heavy atom. The maximum Gasteiger partial charge on any atom is 0.338 e. The molecule has 172 valence electrons. The van der Waals surface area contributed by atoms with Crippen molar-refractivity contribution in [3.8, 4) is 5.75 Å². The van der Waals surface area contributed by atoms with Crippen LogP contribution < -0.4 is 10.1 Å². The summed E-state index contributed by atoms with van der Waals surface area (Å²) < 4.78 is 13.3. The highest BCUT2D eigenvalue weighted by Crippen LogP contribution is 2.40. The number of fused-ring (bicyclic) bond motifs is 1. The average Bonchev–Trinajstić information content (AvgIpc) is 3.20. The Balaban J connectivity index is 1.78. The summed E-state index contributed by atoms with van der Waals surface area (Å²) in [5, 5.41) is 9.17. The lowest BCUT2D eigenvalue weighted by Gasteiger charge is -2.29. The van der Waals surface area contributed by atoms with Crippen molar-refractivity contribution in [2.45, 2.75) is 38.6 Å². The van der Waals surface area contributed by atoms with Crippen molar-refractivity contribution >= 4 is 35.3 Å². The Morgan fingerprint density at radius 1 is 1.18 bits per heavy atom. The van der Waals surface area contributed by atoms with Gasteiger partial charge in [-0.05, 0) is 31.7 Å². The van der Waals surface area contributed by atoms with Gasteiger partial charge in [-0.1, -0.05) is 66.7 Å². The van der Waals surface area contributed by atoms with E-state index in [1.54, 1.807) is 11.6 Å². The van der Waals surface area contributed by atoms with Crippen LogP contribution in [0.3, 0.4) is 0 Å². The van der Waals surface area contributed by atoms with E-state index in [0.29, 0.717) is 39.8 Å². The fraction of sp³-hybridized carbons (Fsp3) is 0.292. The number of thioether (sulfide) groups is 1. The number of allylic oxidation sites excluding steroid dienone is 1. The highest BCUT2D eigenvalue weighted by Gasteiger charge is 2.36. The van der Waals surface area contributed by atoms with Crippen LogP contribution in [0, 0.1) is 0 Å². The summed E-state index contributed by atoms with van der Waals surface area (Å²) in [5.74, 6) is 1.63. The Hall–Kier alpha value is -2.97. The molecule has 1 aliphatic rings. The molecule has 0 bridgehead atoms. The average molecular weight is 485 g/mol. The number of halogens is 1. The van der Waals surface area contributed by atoms with Gasteiger partial charge in [0.2, 0.25) is 11.1 Å². The van der Waals surface area contributed by atoms with E-state index in [9.17, 15) is 4.79 Å². The number of carbonyl (C=O) groups excluding carboxylic acids is 1. The van der Waals surface area contributed by atoms with Crippen LogP contribution in [0.25, 0.3) is 0 Å². The minimum atomic E-state index is -0.554. The van der Waals surface area contributed by atoms with E-state index in [2.05, 4.69) is 15.4 Å². The van der Waals surface area contributed by atoms with E-state index < -0.39 is 12.0 Å². The van der Waals surface area contributed by atoms with Crippen molar-refractivity contribution in [1.82, 2.24) is 14.8 Å². The SMILES string of the molecule is CCOC(=O)C1=C(C)Nc2nc(SCC)nn2C1c1ccccc1OCc1ccccc1Cl. The van der Waals surface area contributed by atoms with Gasteiger partial charge in [-0.2, -0.15) is 4.98 Å². The molecule has 0 aliphatic carbocycles. The second-order valence-corrected chi connectivity index (χ2v) is 8.94. The Morgan fingerprint density at radius 2 is 1.94 bits per heavy atom. The molecular weight excluding hydrogens is 460 g/mol. The van der Waals surface area contributed by atoms with Gasteiger partial charge in [0.05, 0.1) is 12.2 Å². The molecule has 0 saturated carbocycles. The molecule has 4 rings (SSSR count). The van der Waals surface area contributed by atoms with Crippen LogP contribution in [0.1, 0.15) is 37.9 Å². The summed E-state index contributed by atoms with van der Waals surface area (Å²) >= 11 is 7.85. The number of aromatic nitrogens is 3. The lowest BCUT2D eigenvalue weighted by molar-refractivity contribution is -0.139. The first-order chi connectivity index (χ1) is 16.0. The molecule has 3 aromatic rings. The third-order valence-electron chi connectivity index (χ3n) is 5.16. The number of nitrogens with zero attached hydrogens (tertiary/aromatic N) is 3. The van der Waals surface area contributed by atoms with Crippen LogP contribution >= 0.6 is 23.4 Å². The molecule has 1 atom stereocenters. The molecule has 9 heteroatoms. The number of esters is 1. The number of benzene rings is 2. The predicted octanol–water partition coefficient (Wildman–Crippen LogP) is 5.47. The first-order valence-corrected chi connectivity index (χ1v) is 12.1. The van der Waals surface area contributed by atoms with Crippen LogP contribution in [0.5, 0.6) is 5.75 Å². The Bertz CT molecular complexity index is 1190. The molecule has 33 heavy (non-hydrogen) atoms. The monoisotopic (exact) mass is 484 g/mol. The van der Waals surface area contributed by atoms with Gasteiger partial charge in [0.15, 0.2) is 0 Å². The van der Waals surface area contributed by atoms with Crippen LogP contribution in [0.4, 0.5) is 5.95 Å². The largest absolute Gasteiger partial charge is 0.488 e. The molecule has 0 spiro atoms. The fourth-order valence-corrected chi connectivity index (χ4v) is 4.44. The zero-order valence-electron chi connectivity index (χ0n) is 18.7. The first kappa shape index (κ1) is 23.2. The highest BCUT2D eigenvalue weighted by molar-refractivity contribution is 7.99. The van der Waals surface area contributed by atoms with E-state index in [4.69, 9.17) is 21.1 Å². The topological polar surface area (TPSA) is 78.3 Å². The van der Waals surface area contributed by atoms with Crippen LogP contribution in [-0.4, -0.2) is 33.1 Å². The van der Waals surface area contributed by atoms with E-state index >= 15 is 0 Å². The zero-order valence-corrected chi connectivity index (χ0v) is 20.2. The molecule has 0 radical (unpaired) electrons. The van der Waals surface area contributed by atoms with Gasteiger partial charge in [0, 0.05) is 21.8 Å². The van der Waals surface area contributed by atoms with E-state index in [1.165, 1.54) is 11.8 Å². The van der Waals surface area contributed by atoms with Crippen molar-refractivity contribution in [2.24, 2.45) is 0 Å². The van der Waals surface area contributed by atoms with E-state index in [-0.39, 0.29) is 6.61 Å². The maximum absolute atomic E-state index is 13.0. The van der Waals surface area contributed by atoms with Crippen molar-refractivity contribution in [3.05, 3.63) is 76.0 Å². The Labute approximate surface area is 202 Å². The Kier molecular flexibility index (Phi) is 7.25. The summed E-state index contributed by atoms with van der Waals surface area (Å²) in [4.78, 5) is 17.6. The standard InChI is InChI=1S/C24H25ClN4O3S/c1-4-31-22(30)20-15(3)26-23-27-24(33-5-2)28-29(23)21(20)17-11-7-9-13-19(17)32-14-16-10-6-8-12-18(16)25/h6-13,21H,4-5,14H2,1-3H3,(H,26,27,28). The third kappa shape index (κ3) is 4.86. The predicted molar refractivity (Wildman–Crippen MR) is 130 cm³/mol. The normalized spacial score (nSPS) is 15.1. The van der Waals surface area contributed by atoms with Crippen molar-refractivity contribution in [1.29, 1.82) is 0 Å². The van der Waals surface area contributed by atoms with Gasteiger partial charge in [0.25, 0.3) is 0 Å². The molecule has 7 nitrogen and oxygen atoms in total. The minimum absolute atomic E-state index is 0.272. The van der Waals surface area contributed by atoms with Crippen molar-refractivity contribution in [3.63, 3.8) is 0 Å². The third-order valence-corrected chi connectivity index (χ3v) is 6.25. The lowest BCUT2D eigenvalue weighted by atomic mass is 9.95. The molecule has 2 heterocycles. The zero-order chi connectivity index (χ0) is 23.4. The van der Waals surface area contributed by atoms with Crippen molar-refractivity contribution in [2.75, 3.05) is 17.7 Å². The summed E-state index contributed by atoms with van der Waals surface area (Å²) in [6.07, 6.45) is 0. The van der Waals surface area contributed by atoms with E-state index in [0.717, 1.165) is 16.9 Å². The van der Waals surface area contributed by atoms with Crippen molar-refractivity contribution < 1.29 is 14.3 Å². The van der Waals surface area contributed by atoms with Gasteiger partial charge in [0.1, 0.15) is 18.4 Å². The second kappa shape index (κ2) is 10.3. The molecule has 0 amide bonds. The maximum atomic E-state index is 13.0. The van der Waals surface area contributed by atoms with Crippen LogP contribution in [0.2, 0.25) is 5.02 Å². The van der Waals surface area contributed by atoms with E-state index in [1.807, 2.05) is 62.4 Å². The second-order valence-electron chi connectivity index (χ2n) is 7.30. The van der Waals surface area contributed by atoms with Gasteiger partial charge < -0.3 is 14.8 Å². The smallest absolute Gasteiger partial charge is 0.338 e. The first-order valence-electron chi connectivity index (χ1n) is 10.7. The number of hydrogen-bond donors (Lipinski definition) is 1. The number of para-hydroxylation sites is 1. The van der Waals surface area contributed by atoms with Gasteiger partial charge in [-0.25, -0.2) is 9.48 Å². The molecule has 1 unspecified atom stereocenters. The summed E-state index contributed by atoms with van der Waals surface area (Å²) in [6, 6.07) is 14.6. The van der Waals surface area contributed by atoms with Crippen LogP contribution in [-0.2, 0) is 16.1 Å². The number of nitrogens with one attached hydrogen (secondary N) is 1. The van der Waals surface area contributed by atoms with Gasteiger partial charge in [-0.3, -0.25) is 0 Å². The van der Waals surface area contributed by atoms with Gasteiger partial charge >= 0.3 is 5.97 Å². The van der Waals surface area contributed by atoms with Crippen LogP contribution in [0.15, 0.2) is 65.0 Å². The summed E-state index contributed by atoms with van der Waals surface area (Å²) in [7, 11) is 0. The number of ether oxygens (including phenoxy) is 2. The minimum Gasteiger partial charge on any atom is -0.488 e. The highest BCUT2D eigenvalue weighted by atomic mass is 35.5. The number of anilines is 1. The molecular formula is C24H25ClN4O3S. The molecule has 1 aromatic heterocycles. The van der Waals surface area contributed by atoms with Gasteiger partial charge in [-0.15, -0.1) is 5.10 Å². The molecule has 1 N–H and O–H groups in total. The number of rotatable bonds is 8. The quantitative estimate of drug-likeness (QED) is 0.335. The molecule has 0 fully saturated rings.